The lowest BCUT2D eigenvalue weighted by Gasteiger charge is -2.29. The van der Waals surface area contributed by atoms with Gasteiger partial charge in [-0.2, -0.15) is 0 Å². The van der Waals surface area contributed by atoms with Gasteiger partial charge < -0.3 is 5.32 Å². The number of benzene rings is 1. The first-order valence-electron chi connectivity index (χ1n) is 7.40. The highest BCUT2D eigenvalue weighted by Crippen LogP contribution is 2.33. The predicted octanol–water partition coefficient (Wildman–Crippen LogP) is 0.953. The Bertz CT molecular complexity index is 651. The van der Waals surface area contributed by atoms with Gasteiger partial charge in [0.1, 0.15) is 0 Å². The Morgan fingerprint density at radius 3 is 2.68 bits per heavy atom. The van der Waals surface area contributed by atoms with Crippen LogP contribution < -0.4 is 10.6 Å². The number of allylic oxidation sites excluding steroid dienone is 1. The number of fused-ring (bicyclic) bond motifs is 1. The summed E-state index contributed by atoms with van der Waals surface area (Å²) in [5.41, 5.74) is 1.94. The van der Waals surface area contributed by atoms with E-state index in [0.717, 1.165) is 11.1 Å². The summed E-state index contributed by atoms with van der Waals surface area (Å²) in [6, 6.07) is 9.01. The second-order valence-corrected chi connectivity index (χ2v) is 5.96. The fourth-order valence-corrected chi connectivity index (χ4v) is 3.25. The van der Waals surface area contributed by atoms with E-state index < -0.39 is 12.0 Å². The zero-order valence-electron chi connectivity index (χ0n) is 12.3. The van der Waals surface area contributed by atoms with Crippen LogP contribution in [-0.2, 0) is 20.8 Å². The molecule has 1 fully saturated rings. The molecule has 22 heavy (non-hydrogen) atoms. The molecule has 0 spiro atoms. The topological polar surface area (TPSA) is 75.3 Å². The van der Waals surface area contributed by atoms with Gasteiger partial charge in [-0.3, -0.25) is 19.7 Å². The molecule has 0 aromatic heterocycles. The third-order valence-electron chi connectivity index (χ3n) is 4.25. The number of nitrogens with one attached hydrogen (secondary N) is 2. The minimum Gasteiger partial charge on any atom is -0.349 e. The molecule has 114 valence electrons. The van der Waals surface area contributed by atoms with E-state index in [2.05, 4.69) is 10.6 Å². The van der Waals surface area contributed by atoms with Crippen molar-refractivity contribution in [2.24, 2.45) is 11.8 Å². The summed E-state index contributed by atoms with van der Waals surface area (Å²) in [7, 11) is 0. The number of carbonyl (C=O) groups is 3. The highest BCUT2D eigenvalue weighted by molar-refractivity contribution is 6.06. The first-order chi connectivity index (χ1) is 10.5. The molecular weight excluding hydrogens is 280 g/mol. The molecule has 5 nitrogen and oxygen atoms in total. The first-order valence-corrected chi connectivity index (χ1v) is 7.40. The zero-order chi connectivity index (χ0) is 15.7. The lowest BCUT2D eigenvalue weighted by Crippen LogP contribution is -2.46. The number of imide groups is 1. The van der Waals surface area contributed by atoms with Crippen molar-refractivity contribution in [3.8, 4) is 0 Å². The van der Waals surface area contributed by atoms with Crippen LogP contribution in [0.5, 0.6) is 0 Å². The fraction of sp³-hybridized carbons (Fsp3) is 0.353. The molecule has 3 amide bonds. The van der Waals surface area contributed by atoms with E-state index in [1.54, 1.807) is 0 Å². The van der Waals surface area contributed by atoms with Crippen molar-refractivity contribution in [1.82, 2.24) is 10.6 Å². The highest BCUT2D eigenvalue weighted by atomic mass is 16.2. The van der Waals surface area contributed by atoms with Crippen molar-refractivity contribution < 1.29 is 14.4 Å². The van der Waals surface area contributed by atoms with Crippen molar-refractivity contribution >= 4 is 17.7 Å². The van der Waals surface area contributed by atoms with E-state index in [9.17, 15) is 14.4 Å². The van der Waals surface area contributed by atoms with Gasteiger partial charge >= 0.3 is 0 Å². The molecule has 1 heterocycles. The van der Waals surface area contributed by atoms with Gasteiger partial charge in [-0.05, 0) is 18.9 Å². The quantitative estimate of drug-likeness (QED) is 0.644. The average Bonchev–Trinajstić information content (AvgIpc) is 2.74. The van der Waals surface area contributed by atoms with Crippen molar-refractivity contribution in [2.75, 3.05) is 0 Å². The van der Waals surface area contributed by atoms with Crippen LogP contribution in [0.3, 0.4) is 0 Å². The van der Waals surface area contributed by atoms with Gasteiger partial charge in [-0.25, -0.2) is 0 Å². The molecule has 1 aliphatic carbocycles. The van der Waals surface area contributed by atoms with Gasteiger partial charge in [0, 0.05) is 0 Å². The molecule has 1 saturated heterocycles. The van der Waals surface area contributed by atoms with Gasteiger partial charge in [0.25, 0.3) is 0 Å². The molecule has 3 atom stereocenters. The molecule has 2 aliphatic rings. The standard InChI is InChI=1S/C17H18N2O3/c1-10-7-12-15(17(22)19-16(12)21)13(8-10)18-14(20)9-11-5-3-2-4-6-11/h2-6,8,12-13,15H,7,9H2,1H3,(H,18,20)(H,19,21,22)/t12-,13+,15-/m1/s1. The average molecular weight is 298 g/mol. The Morgan fingerprint density at radius 2 is 1.95 bits per heavy atom. The van der Waals surface area contributed by atoms with E-state index in [1.165, 1.54) is 0 Å². The zero-order valence-corrected chi connectivity index (χ0v) is 12.3. The summed E-state index contributed by atoms with van der Waals surface area (Å²) in [6.45, 7) is 1.92. The molecule has 5 heteroatoms. The third-order valence-corrected chi connectivity index (χ3v) is 4.25. The second kappa shape index (κ2) is 5.75. The van der Waals surface area contributed by atoms with Gasteiger partial charge in [-0.15, -0.1) is 0 Å². The van der Waals surface area contributed by atoms with Gasteiger partial charge in [0.05, 0.1) is 24.3 Å². The van der Waals surface area contributed by atoms with E-state index in [4.69, 9.17) is 0 Å². The van der Waals surface area contributed by atoms with Crippen LogP contribution in [0, 0.1) is 11.8 Å². The summed E-state index contributed by atoms with van der Waals surface area (Å²) in [5, 5.41) is 5.26. The Kier molecular flexibility index (Phi) is 3.79. The van der Waals surface area contributed by atoms with Crippen molar-refractivity contribution in [3.63, 3.8) is 0 Å². The van der Waals surface area contributed by atoms with Crippen LogP contribution in [0.4, 0.5) is 0 Å². The predicted molar refractivity (Wildman–Crippen MR) is 80.6 cm³/mol. The van der Waals surface area contributed by atoms with Crippen LogP contribution in [0.2, 0.25) is 0 Å². The maximum atomic E-state index is 12.2. The first kappa shape index (κ1) is 14.5. The molecule has 1 aliphatic heterocycles. The Hall–Kier alpha value is -2.43. The Labute approximate surface area is 128 Å². The smallest absolute Gasteiger partial charge is 0.232 e. The van der Waals surface area contributed by atoms with Crippen LogP contribution in [0.15, 0.2) is 42.0 Å². The summed E-state index contributed by atoms with van der Waals surface area (Å²) in [4.78, 5) is 36.0. The lowest BCUT2D eigenvalue weighted by molar-refractivity contribution is -0.126. The van der Waals surface area contributed by atoms with Crippen LogP contribution in [0.25, 0.3) is 0 Å². The summed E-state index contributed by atoms with van der Waals surface area (Å²) in [6.07, 6.45) is 2.73. The summed E-state index contributed by atoms with van der Waals surface area (Å²) in [5.74, 6) is -1.52. The molecule has 3 rings (SSSR count). The molecular formula is C17H18N2O3. The van der Waals surface area contributed by atoms with Crippen molar-refractivity contribution in [2.45, 2.75) is 25.8 Å². The van der Waals surface area contributed by atoms with E-state index in [-0.39, 0.29) is 30.1 Å². The van der Waals surface area contributed by atoms with Crippen LogP contribution in [0.1, 0.15) is 18.9 Å². The highest BCUT2D eigenvalue weighted by Gasteiger charge is 2.47. The second-order valence-electron chi connectivity index (χ2n) is 5.96. The number of carbonyl (C=O) groups excluding carboxylic acids is 3. The summed E-state index contributed by atoms with van der Waals surface area (Å²) >= 11 is 0. The molecule has 0 saturated carbocycles. The minimum atomic E-state index is -0.490. The molecule has 1 aromatic rings. The Balaban J connectivity index is 1.73. The van der Waals surface area contributed by atoms with E-state index >= 15 is 0 Å². The van der Waals surface area contributed by atoms with Gasteiger partial charge in [0.15, 0.2) is 0 Å². The number of hydrogen-bond acceptors (Lipinski definition) is 3. The summed E-state index contributed by atoms with van der Waals surface area (Å²) < 4.78 is 0. The van der Waals surface area contributed by atoms with Crippen LogP contribution in [-0.4, -0.2) is 23.8 Å². The van der Waals surface area contributed by atoms with Crippen molar-refractivity contribution in [3.05, 3.63) is 47.5 Å². The maximum absolute atomic E-state index is 12.2. The van der Waals surface area contributed by atoms with Gasteiger partial charge in [-0.1, -0.05) is 42.0 Å². The lowest BCUT2D eigenvalue weighted by atomic mass is 9.78. The number of rotatable bonds is 3. The molecule has 0 bridgehead atoms. The largest absolute Gasteiger partial charge is 0.349 e. The molecule has 2 N–H and O–H groups in total. The monoisotopic (exact) mass is 298 g/mol. The number of hydrogen-bond donors (Lipinski definition) is 2. The van der Waals surface area contributed by atoms with Gasteiger partial charge in [0.2, 0.25) is 17.7 Å². The normalized spacial score (nSPS) is 27.0. The maximum Gasteiger partial charge on any atom is 0.232 e. The van der Waals surface area contributed by atoms with E-state index in [1.807, 2.05) is 43.3 Å². The molecule has 0 radical (unpaired) electrons. The molecule has 1 aromatic carbocycles. The van der Waals surface area contributed by atoms with Crippen LogP contribution >= 0.6 is 0 Å². The Morgan fingerprint density at radius 1 is 1.23 bits per heavy atom. The van der Waals surface area contributed by atoms with Crippen molar-refractivity contribution in [1.29, 1.82) is 0 Å². The minimum absolute atomic E-state index is 0.145. The molecule has 0 unspecified atom stereocenters. The SMILES string of the molecule is CC1=C[C@H](NC(=O)Cc2ccccc2)[C@@H]2C(=O)NC(=O)[C@@H]2C1. The van der Waals surface area contributed by atoms with E-state index in [0.29, 0.717) is 6.42 Å². The number of amides is 3. The fourth-order valence-electron chi connectivity index (χ4n) is 3.25. The third kappa shape index (κ3) is 2.79.